The maximum atomic E-state index is 12.3. The van der Waals surface area contributed by atoms with E-state index in [4.69, 9.17) is 0 Å². The summed E-state index contributed by atoms with van der Waals surface area (Å²) in [5, 5.41) is 4.91. The van der Waals surface area contributed by atoms with Crippen LogP contribution in [0.3, 0.4) is 0 Å². The van der Waals surface area contributed by atoms with E-state index in [2.05, 4.69) is 5.32 Å². The zero-order chi connectivity index (χ0) is 18.4. The molecule has 0 spiro atoms. The van der Waals surface area contributed by atoms with Crippen LogP contribution < -0.4 is 5.32 Å². The van der Waals surface area contributed by atoms with Crippen molar-refractivity contribution in [1.29, 1.82) is 0 Å². The predicted molar refractivity (Wildman–Crippen MR) is 104 cm³/mol. The van der Waals surface area contributed by atoms with Crippen LogP contribution in [0.2, 0.25) is 0 Å². The van der Waals surface area contributed by atoms with Crippen molar-refractivity contribution in [2.75, 3.05) is 13.6 Å². The highest BCUT2D eigenvalue weighted by Crippen LogP contribution is 2.18. The van der Waals surface area contributed by atoms with E-state index in [1.807, 2.05) is 72.8 Å². The van der Waals surface area contributed by atoms with E-state index < -0.39 is 0 Å². The van der Waals surface area contributed by atoms with E-state index in [0.29, 0.717) is 6.54 Å². The van der Waals surface area contributed by atoms with Gasteiger partial charge in [0.1, 0.15) is 0 Å². The van der Waals surface area contributed by atoms with E-state index >= 15 is 0 Å². The first kappa shape index (κ1) is 17.7. The van der Waals surface area contributed by atoms with Gasteiger partial charge in [-0.1, -0.05) is 72.8 Å². The lowest BCUT2D eigenvalue weighted by Gasteiger charge is -2.17. The van der Waals surface area contributed by atoms with Crippen LogP contribution in [-0.4, -0.2) is 30.3 Å². The zero-order valence-electron chi connectivity index (χ0n) is 14.8. The molecule has 1 N–H and O–H groups in total. The van der Waals surface area contributed by atoms with E-state index in [9.17, 15) is 9.59 Å². The van der Waals surface area contributed by atoms with E-state index in [0.717, 1.165) is 21.9 Å². The predicted octanol–water partition coefficient (Wildman–Crippen LogP) is 3.16. The number of carbonyl (C=O) groups excluding carboxylic acids is 2. The number of amides is 2. The summed E-state index contributed by atoms with van der Waals surface area (Å²) in [6, 6.07) is 23.7. The molecule has 132 valence electrons. The molecule has 4 heteroatoms. The summed E-state index contributed by atoms with van der Waals surface area (Å²) in [6.45, 7) is 0.534. The van der Waals surface area contributed by atoms with Gasteiger partial charge in [-0.25, -0.2) is 0 Å². The third-order valence-electron chi connectivity index (χ3n) is 4.36. The molecule has 0 saturated carbocycles. The Morgan fingerprint density at radius 3 is 2.38 bits per heavy atom. The lowest BCUT2D eigenvalue weighted by atomic mass is 10.0. The van der Waals surface area contributed by atoms with Crippen molar-refractivity contribution in [3.63, 3.8) is 0 Å². The third-order valence-corrected chi connectivity index (χ3v) is 4.36. The van der Waals surface area contributed by atoms with Crippen molar-refractivity contribution in [2.45, 2.75) is 13.0 Å². The number of benzene rings is 3. The monoisotopic (exact) mass is 346 g/mol. The number of hydrogen-bond donors (Lipinski definition) is 1. The van der Waals surface area contributed by atoms with Crippen LogP contribution in [0.4, 0.5) is 0 Å². The molecule has 0 unspecified atom stereocenters. The number of nitrogens with zero attached hydrogens (tertiary/aromatic N) is 1. The maximum Gasteiger partial charge on any atom is 0.242 e. The van der Waals surface area contributed by atoms with E-state index in [1.54, 1.807) is 11.9 Å². The molecule has 26 heavy (non-hydrogen) atoms. The van der Waals surface area contributed by atoms with E-state index in [-0.39, 0.29) is 24.8 Å². The van der Waals surface area contributed by atoms with Crippen molar-refractivity contribution in [2.24, 2.45) is 0 Å². The quantitative estimate of drug-likeness (QED) is 0.745. The van der Waals surface area contributed by atoms with Gasteiger partial charge in [-0.2, -0.15) is 0 Å². The van der Waals surface area contributed by atoms with Gasteiger partial charge in [0.2, 0.25) is 11.8 Å². The van der Waals surface area contributed by atoms with Gasteiger partial charge in [0, 0.05) is 13.6 Å². The second-order valence-corrected chi connectivity index (χ2v) is 6.33. The summed E-state index contributed by atoms with van der Waals surface area (Å²) < 4.78 is 0. The summed E-state index contributed by atoms with van der Waals surface area (Å²) >= 11 is 0. The summed E-state index contributed by atoms with van der Waals surface area (Å²) in [7, 11) is 1.74. The molecule has 0 radical (unpaired) electrons. The molecule has 0 aromatic heterocycles. The van der Waals surface area contributed by atoms with Crippen LogP contribution in [0.1, 0.15) is 11.1 Å². The Hall–Kier alpha value is -3.14. The minimum Gasteiger partial charge on any atom is -0.347 e. The smallest absolute Gasteiger partial charge is 0.242 e. The van der Waals surface area contributed by atoms with Gasteiger partial charge < -0.3 is 10.2 Å². The summed E-state index contributed by atoms with van der Waals surface area (Å²) in [5.41, 5.74) is 2.02. The molecule has 0 atom stereocenters. The first-order chi connectivity index (χ1) is 12.6. The van der Waals surface area contributed by atoms with Gasteiger partial charge in [-0.3, -0.25) is 9.59 Å². The van der Waals surface area contributed by atoms with E-state index in [1.165, 1.54) is 0 Å². The van der Waals surface area contributed by atoms with Crippen LogP contribution in [0.25, 0.3) is 10.8 Å². The highest BCUT2D eigenvalue weighted by molar-refractivity contribution is 5.91. The molecular weight excluding hydrogens is 324 g/mol. The molecule has 0 aliphatic carbocycles. The number of fused-ring (bicyclic) bond motifs is 1. The Morgan fingerprint density at radius 1 is 0.885 bits per heavy atom. The molecule has 0 heterocycles. The van der Waals surface area contributed by atoms with Crippen molar-refractivity contribution in [3.05, 3.63) is 83.9 Å². The van der Waals surface area contributed by atoms with Gasteiger partial charge in [0.25, 0.3) is 0 Å². The summed E-state index contributed by atoms with van der Waals surface area (Å²) in [6.07, 6.45) is 0.261. The van der Waals surface area contributed by atoms with Crippen molar-refractivity contribution in [3.8, 4) is 0 Å². The lowest BCUT2D eigenvalue weighted by molar-refractivity contribution is -0.132. The standard InChI is InChI=1S/C22H22N2O2/c1-24(16-17-8-3-2-4-9-17)22(26)15-23-21(25)14-19-12-7-11-18-10-5-6-13-20(18)19/h2-13H,14-16H2,1H3,(H,23,25). The number of hydrogen-bond acceptors (Lipinski definition) is 2. The van der Waals surface area contributed by atoms with Crippen molar-refractivity contribution < 1.29 is 9.59 Å². The minimum atomic E-state index is -0.150. The van der Waals surface area contributed by atoms with Crippen molar-refractivity contribution in [1.82, 2.24) is 10.2 Å². The molecular formula is C22H22N2O2. The fraction of sp³-hybridized carbons (Fsp3) is 0.182. The van der Waals surface area contributed by atoms with Gasteiger partial charge in [0.05, 0.1) is 13.0 Å². The van der Waals surface area contributed by atoms with Gasteiger partial charge in [-0.05, 0) is 21.9 Å². The fourth-order valence-electron chi connectivity index (χ4n) is 2.94. The van der Waals surface area contributed by atoms with Crippen LogP contribution >= 0.6 is 0 Å². The van der Waals surface area contributed by atoms with Crippen molar-refractivity contribution >= 4 is 22.6 Å². The zero-order valence-corrected chi connectivity index (χ0v) is 14.8. The fourth-order valence-corrected chi connectivity index (χ4v) is 2.94. The molecule has 3 rings (SSSR count). The Labute approximate surface area is 153 Å². The van der Waals surface area contributed by atoms with Gasteiger partial charge in [0.15, 0.2) is 0 Å². The molecule has 0 bridgehead atoms. The topological polar surface area (TPSA) is 49.4 Å². The second kappa shape index (κ2) is 8.30. The average Bonchev–Trinajstić information content (AvgIpc) is 2.67. The first-order valence-corrected chi connectivity index (χ1v) is 8.65. The maximum absolute atomic E-state index is 12.3. The van der Waals surface area contributed by atoms with Crippen LogP contribution in [0.15, 0.2) is 72.8 Å². The Morgan fingerprint density at radius 2 is 1.58 bits per heavy atom. The van der Waals surface area contributed by atoms with Gasteiger partial charge >= 0.3 is 0 Å². The van der Waals surface area contributed by atoms with Crippen LogP contribution in [-0.2, 0) is 22.6 Å². The molecule has 0 aliphatic heterocycles. The largest absolute Gasteiger partial charge is 0.347 e. The van der Waals surface area contributed by atoms with Gasteiger partial charge in [-0.15, -0.1) is 0 Å². The average molecular weight is 346 g/mol. The highest BCUT2D eigenvalue weighted by atomic mass is 16.2. The summed E-state index contributed by atoms with van der Waals surface area (Å²) in [4.78, 5) is 26.1. The van der Waals surface area contributed by atoms with Crippen LogP contribution in [0, 0.1) is 0 Å². The molecule has 2 amide bonds. The first-order valence-electron chi connectivity index (χ1n) is 8.65. The lowest BCUT2D eigenvalue weighted by Crippen LogP contribution is -2.38. The molecule has 3 aromatic carbocycles. The third kappa shape index (κ3) is 4.48. The summed E-state index contributed by atoms with van der Waals surface area (Å²) in [5.74, 6) is -0.261. The normalized spacial score (nSPS) is 10.5. The Balaban J connectivity index is 1.54. The van der Waals surface area contributed by atoms with Crippen LogP contribution in [0.5, 0.6) is 0 Å². The number of carbonyl (C=O) groups is 2. The number of rotatable bonds is 6. The number of likely N-dealkylation sites (N-methyl/N-ethyl adjacent to an activating group) is 1. The number of nitrogens with one attached hydrogen (secondary N) is 1. The SMILES string of the molecule is CN(Cc1ccccc1)C(=O)CNC(=O)Cc1cccc2ccccc12. The molecule has 0 saturated heterocycles. The Kier molecular flexibility index (Phi) is 5.64. The Bertz CT molecular complexity index is 901. The molecule has 0 fully saturated rings. The highest BCUT2D eigenvalue weighted by Gasteiger charge is 2.12. The molecule has 3 aromatic rings. The minimum absolute atomic E-state index is 0.00688. The molecule has 0 aliphatic rings. The second-order valence-electron chi connectivity index (χ2n) is 6.33. The molecule has 4 nitrogen and oxygen atoms in total.